The lowest BCUT2D eigenvalue weighted by Crippen LogP contribution is -2.59. The molecule has 0 amide bonds. The fourth-order valence-electron chi connectivity index (χ4n) is 4.00. The first-order chi connectivity index (χ1) is 9.13. The molecule has 110 valence electrons. The van der Waals surface area contributed by atoms with Gasteiger partial charge in [0.15, 0.2) is 0 Å². The molecule has 1 aliphatic heterocycles. The van der Waals surface area contributed by atoms with E-state index in [1.54, 1.807) is 7.05 Å². The van der Waals surface area contributed by atoms with Crippen molar-refractivity contribution in [3.63, 3.8) is 0 Å². The summed E-state index contributed by atoms with van der Waals surface area (Å²) >= 11 is 0. The molecule has 1 heterocycles. The summed E-state index contributed by atoms with van der Waals surface area (Å²) in [6.07, 6.45) is 8.78. The van der Waals surface area contributed by atoms with Crippen LogP contribution in [-0.2, 0) is 4.79 Å². The van der Waals surface area contributed by atoms with Gasteiger partial charge in [-0.3, -0.25) is 9.69 Å². The zero-order chi connectivity index (χ0) is 13.9. The van der Waals surface area contributed by atoms with Crippen LogP contribution in [0.2, 0.25) is 0 Å². The summed E-state index contributed by atoms with van der Waals surface area (Å²) in [6, 6.07) is 1.11. The first-order valence-corrected chi connectivity index (χ1v) is 7.81. The van der Waals surface area contributed by atoms with Crippen LogP contribution in [0.15, 0.2) is 0 Å². The van der Waals surface area contributed by atoms with Crippen LogP contribution in [0.5, 0.6) is 0 Å². The van der Waals surface area contributed by atoms with Gasteiger partial charge < -0.3 is 10.4 Å². The summed E-state index contributed by atoms with van der Waals surface area (Å²) in [5.41, 5.74) is -0.696. The average Bonchev–Trinajstić information content (AvgIpc) is 2.47. The van der Waals surface area contributed by atoms with Crippen LogP contribution in [0, 0.1) is 0 Å². The van der Waals surface area contributed by atoms with Gasteiger partial charge in [-0.15, -0.1) is 0 Å². The second-order valence-electron chi connectivity index (χ2n) is 6.18. The molecule has 0 bridgehead atoms. The monoisotopic (exact) mass is 268 g/mol. The van der Waals surface area contributed by atoms with Crippen molar-refractivity contribution in [1.82, 2.24) is 10.2 Å². The lowest BCUT2D eigenvalue weighted by atomic mass is 9.77. The maximum absolute atomic E-state index is 11.6. The van der Waals surface area contributed by atoms with Crippen molar-refractivity contribution >= 4 is 5.97 Å². The molecule has 0 spiro atoms. The number of carboxylic acids is 1. The van der Waals surface area contributed by atoms with Crippen LogP contribution >= 0.6 is 0 Å². The third-order valence-electron chi connectivity index (χ3n) is 5.23. The molecule has 19 heavy (non-hydrogen) atoms. The summed E-state index contributed by atoms with van der Waals surface area (Å²) in [5, 5.41) is 12.6. The first-order valence-electron chi connectivity index (χ1n) is 7.81. The van der Waals surface area contributed by atoms with Gasteiger partial charge in [0.1, 0.15) is 5.54 Å². The number of nitrogens with one attached hydrogen (secondary N) is 1. The van der Waals surface area contributed by atoms with Crippen LogP contribution in [-0.4, -0.2) is 47.2 Å². The Kier molecular flexibility index (Phi) is 4.85. The van der Waals surface area contributed by atoms with Crippen LogP contribution in [0.25, 0.3) is 0 Å². The third-order valence-corrected chi connectivity index (χ3v) is 5.23. The Bertz CT molecular complexity index is 321. The quantitative estimate of drug-likeness (QED) is 0.821. The predicted octanol–water partition coefficient (Wildman–Crippen LogP) is 2.24. The summed E-state index contributed by atoms with van der Waals surface area (Å²) in [4.78, 5) is 14.2. The summed E-state index contributed by atoms with van der Waals surface area (Å²) in [7, 11) is 1.80. The van der Waals surface area contributed by atoms with E-state index in [9.17, 15) is 9.90 Å². The van der Waals surface area contributed by atoms with Crippen LogP contribution in [0.3, 0.4) is 0 Å². The minimum Gasteiger partial charge on any atom is -0.480 e. The zero-order valence-corrected chi connectivity index (χ0v) is 12.3. The second-order valence-corrected chi connectivity index (χ2v) is 6.18. The predicted molar refractivity (Wildman–Crippen MR) is 76.3 cm³/mol. The Hall–Kier alpha value is -0.610. The molecular weight excluding hydrogens is 240 g/mol. The highest BCUT2D eigenvalue weighted by Gasteiger charge is 2.44. The molecule has 0 aromatic rings. The van der Waals surface area contributed by atoms with E-state index < -0.39 is 11.5 Å². The molecule has 2 aliphatic rings. The van der Waals surface area contributed by atoms with E-state index in [2.05, 4.69) is 17.1 Å². The Morgan fingerprint density at radius 2 is 2.16 bits per heavy atom. The lowest BCUT2D eigenvalue weighted by Gasteiger charge is -2.47. The Labute approximate surface area is 116 Å². The molecular formula is C15H28N2O2. The standard InChI is InChI=1S/C15H28N2O2/c1-3-12-7-4-5-10-17(12)13-8-6-9-15(11-13,16-2)14(18)19/h12-13,16H,3-11H2,1-2H3,(H,18,19). The van der Waals surface area contributed by atoms with Gasteiger partial charge in [-0.1, -0.05) is 13.3 Å². The average molecular weight is 268 g/mol. The minimum absolute atomic E-state index is 0.447. The number of piperidine rings is 1. The molecule has 0 radical (unpaired) electrons. The number of likely N-dealkylation sites (tertiary alicyclic amines) is 1. The number of carboxylic acid groups (broad SMARTS) is 1. The van der Waals surface area contributed by atoms with Crippen LogP contribution in [0.1, 0.15) is 58.3 Å². The maximum atomic E-state index is 11.6. The number of carbonyl (C=O) groups is 1. The molecule has 1 saturated heterocycles. The maximum Gasteiger partial charge on any atom is 0.323 e. The van der Waals surface area contributed by atoms with Gasteiger partial charge in [0.25, 0.3) is 0 Å². The van der Waals surface area contributed by atoms with E-state index >= 15 is 0 Å². The van der Waals surface area contributed by atoms with Gasteiger partial charge in [-0.25, -0.2) is 0 Å². The van der Waals surface area contributed by atoms with E-state index in [4.69, 9.17) is 0 Å². The van der Waals surface area contributed by atoms with Crippen molar-refractivity contribution in [2.24, 2.45) is 0 Å². The Balaban J connectivity index is 2.09. The molecule has 4 heteroatoms. The SMILES string of the molecule is CCC1CCCCN1C1CCCC(NC)(C(=O)O)C1. The highest BCUT2D eigenvalue weighted by molar-refractivity contribution is 5.79. The number of nitrogens with zero attached hydrogens (tertiary/aromatic N) is 1. The van der Waals surface area contributed by atoms with Gasteiger partial charge >= 0.3 is 5.97 Å². The second kappa shape index (κ2) is 6.23. The van der Waals surface area contributed by atoms with Crippen LogP contribution < -0.4 is 5.32 Å². The van der Waals surface area contributed by atoms with Gasteiger partial charge in [-0.2, -0.15) is 0 Å². The molecule has 0 aromatic carbocycles. The fourth-order valence-corrected chi connectivity index (χ4v) is 4.00. The topological polar surface area (TPSA) is 52.6 Å². The van der Waals surface area contributed by atoms with E-state index in [0.29, 0.717) is 12.1 Å². The van der Waals surface area contributed by atoms with Gasteiger partial charge in [0, 0.05) is 12.1 Å². The number of rotatable bonds is 4. The highest BCUT2D eigenvalue weighted by Crippen LogP contribution is 2.34. The minimum atomic E-state index is -0.696. The van der Waals surface area contributed by atoms with E-state index in [0.717, 1.165) is 32.2 Å². The van der Waals surface area contributed by atoms with Crippen molar-refractivity contribution in [1.29, 1.82) is 0 Å². The van der Waals surface area contributed by atoms with E-state index in [-0.39, 0.29) is 0 Å². The third kappa shape index (κ3) is 2.95. The molecule has 4 nitrogen and oxygen atoms in total. The number of aliphatic carboxylic acids is 1. The first kappa shape index (κ1) is 14.8. The van der Waals surface area contributed by atoms with Gasteiger partial charge in [0.05, 0.1) is 0 Å². The molecule has 2 rings (SSSR count). The van der Waals surface area contributed by atoms with Crippen LogP contribution in [0.4, 0.5) is 0 Å². The zero-order valence-electron chi connectivity index (χ0n) is 12.3. The van der Waals surface area contributed by atoms with Crippen molar-refractivity contribution < 1.29 is 9.90 Å². The molecule has 3 unspecified atom stereocenters. The van der Waals surface area contributed by atoms with Crippen molar-refractivity contribution in [3.05, 3.63) is 0 Å². The molecule has 2 N–H and O–H groups in total. The smallest absolute Gasteiger partial charge is 0.323 e. The van der Waals surface area contributed by atoms with Crippen molar-refractivity contribution in [2.75, 3.05) is 13.6 Å². The summed E-state index contributed by atoms with van der Waals surface area (Å²) in [5.74, 6) is -0.676. The number of likely N-dealkylation sites (N-methyl/N-ethyl adjacent to an activating group) is 1. The number of hydrogen-bond acceptors (Lipinski definition) is 3. The molecule has 2 fully saturated rings. The highest BCUT2D eigenvalue weighted by atomic mass is 16.4. The van der Waals surface area contributed by atoms with E-state index in [1.807, 2.05) is 0 Å². The van der Waals surface area contributed by atoms with Gasteiger partial charge in [0.2, 0.25) is 0 Å². The molecule has 0 aromatic heterocycles. The van der Waals surface area contributed by atoms with Crippen molar-refractivity contribution in [3.8, 4) is 0 Å². The van der Waals surface area contributed by atoms with Gasteiger partial charge in [-0.05, 0) is 58.5 Å². The van der Waals surface area contributed by atoms with Crippen molar-refractivity contribution in [2.45, 2.75) is 75.9 Å². The molecule has 1 aliphatic carbocycles. The fraction of sp³-hybridized carbons (Fsp3) is 0.933. The summed E-state index contributed by atoms with van der Waals surface area (Å²) in [6.45, 7) is 3.41. The Morgan fingerprint density at radius 3 is 2.79 bits per heavy atom. The van der Waals surface area contributed by atoms with E-state index in [1.165, 1.54) is 25.7 Å². The Morgan fingerprint density at radius 1 is 1.37 bits per heavy atom. The lowest BCUT2D eigenvalue weighted by molar-refractivity contribution is -0.147. The normalized spacial score (nSPS) is 37.2. The number of hydrogen-bond donors (Lipinski definition) is 2. The molecule has 1 saturated carbocycles. The molecule has 3 atom stereocenters. The summed E-state index contributed by atoms with van der Waals surface area (Å²) < 4.78 is 0. The largest absolute Gasteiger partial charge is 0.480 e.